The number of nitrogens with zero attached hydrogens (tertiary/aromatic N) is 2. The lowest BCUT2D eigenvalue weighted by atomic mass is 10.0. The van der Waals surface area contributed by atoms with E-state index in [1.54, 1.807) is 13.0 Å². The van der Waals surface area contributed by atoms with Gasteiger partial charge in [-0.05, 0) is 25.5 Å². The van der Waals surface area contributed by atoms with E-state index >= 15 is 0 Å². The molecule has 0 radical (unpaired) electrons. The van der Waals surface area contributed by atoms with Crippen molar-refractivity contribution in [3.63, 3.8) is 0 Å². The molecule has 1 aromatic rings. The van der Waals surface area contributed by atoms with Crippen molar-refractivity contribution in [2.24, 2.45) is 0 Å². The van der Waals surface area contributed by atoms with Crippen molar-refractivity contribution in [2.45, 2.75) is 13.8 Å². The molecule has 0 aliphatic carbocycles. The topological polar surface area (TPSA) is 84.0 Å². The largest absolute Gasteiger partial charge is 0.295 e. The summed E-state index contributed by atoms with van der Waals surface area (Å²) in [6.45, 7) is 2.89. The lowest BCUT2D eigenvalue weighted by molar-refractivity contribution is -0.385. The van der Waals surface area contributed by atoms with Crippen LogP contribution in [0.2, 0.25) is 0 Å². The first kappa shape index (κ1) is 10.9. The summed E-state index contributed by atoms with van der Waals surface area (Å²) in [4.78, 5) is 21.1. The van der Waals surface area contributed by atoms with E-state index in [9.17, 15) is 14.9 Å². The molecule has 0 bridgehead atoms. The Morgan fingerprint density at radius 3 is 2.53 bits per heavy atom. The minimum atomic E-state index is -0.655. The highest BCUT2D eigenvalue weighted by Gasteiger charge is 2.18. The van der Waals surface area contributed by atoms with Crippen LogP contribution in [-0.4, -0.2) is 10.7 Å². The number of benzene rings is 1. The summed E-state index contributed by atoms with van der Waals surface area (Å²) in [5.41, 5.74) is 0.378. The van der Waals surface area contributed by atoms with Gasteiger partial charge in [0.2, 0.25) is 0 Å². The Morgan fingerprint density at radius 2 is 2.13 bits per heavy atom. The maximum absolute atomic E-state index is 11.1. The standard InChI is InChI=1S/C10H8N2O3/c1-6-3-8(7(2)13)4-10(12(14)15)9(6)5-11/h3-4H,1-2H3. The number of hydrogen-bond acceptors (Lipinski definition) is 4. The van der Waals surface area contributed by atoms with Crippen molar-refractivity contribution in [1.29, 1.82) is 5.26 Å². The summed E-state index contributed by atoms with van der Waals surface area (Å²) in [5, 5.41) is 19.4. The molecule has 0 heterocycles. The molecule has 0 amide bonds. The zero-order valence-electron chi connectivity index (χ0n) is 8.27. The summed E-state index contributed by atoms with van der Waals surface area (Å²) < 4.78 is 0. The second kappa shape index (κ2) is 3.88. The van der Waals surface area contributed by atoms with Crippen LogP contribution < -0.4 is 0 Å². The zero-order chi connectivity index (χ0) is 11.6. The molecule has 0 saturated carbocycles. The molecule has 76 valence electrons. The van der Waals surface area contributed by atoms with Crippen molar-refractivity contribution in [2.75, 3.05) is 0 Å². The van der Waals surface area contributed by atoms with Crippen LogP contribution >= 0.6 is 0 Å². The molecule has 1 aromatic carbocycles. The third-order valence-electron chi connectivity index (χ3n) is 2.03. The van der Waals surface area contributed by atoms with Crippen LogP contribution in [0.25, 0.3) is 0 Å². The van der Waals surface area contributed by atoms with Crippen LogP contribution in [-0.2, 0) is 0 Å². The van der Waals surface area contributed by atoms with Gasteiger partial charge in [0, 0.05) is 11.6 Å². The minimum absolute atomic E-state index is 0.00463. The van der Waals surface area contributed by atoms with E-state index in [1.807, 2.05) is 0 Å². The molecular weight excluding hydrogens is 196 g/mol. The number of nitriles is 1. The molecule has 0 aromatic heterocycles. The van der Waals surface area contributed by atoms with Gasteiger partial charge in [-0.2, -0.15) is 5.26 Å². The van der Waals surface area contributed by atoms with Crippen molar-refractivity contribution in [1.82, 2.24) is 0 Å². The number of nitro benzene ring substituents is 1. The molecule has 0 atom stereocenters. The lowest BCUT2D eigenvalue weighted by Gasteiger charge is -2.01. The van der Waals surface area contributed by atoms with E-state index in [1.165, 1.54) is 13.0 Å². The van der Waals surface area contributed by atoms with E-state index in [0.717, 1.165) is 6.07 Å². The summed E-state index contributed by atoms with van der Waals surface area (Å²) >= 11 is 0. The Kier molecular flexibility index (Phi) is 2.81. The molecule has 5 heteroatoms. The number of rotatable bonds is 2. The zero-order valence-corrected chi connectivity index (χ0v) is 8.27. The average molecular weight is 204 g/mol. The molecule has 0 aliphatic heterocycles. The molecule has 1 rings (SSSR count). The van der Waals surface area contributed by atoms with Gasteiger partial charge >= 0.3 is 0 Å². The number of carbonyl (C=O) groups excluding carboxylic acids is 1. The van der Waals surface area contributed by atoms with Gasteiger partial charge in [0.25, 0.3) is 5.69 Å². The first-order valence-electron chi connectivity index (χ1n) is 4.17. The van der Waals surface area contributed by atoms with E-state index < -0.39 is 4.92 Å². The number of nitro groups is 1. The van der Waals surface area contributed by atoms with E-state index in [-0.39, 0.29) is 22.6 Å². The Bertz CT molecular complexity index is 486. The van der Waals surface area contributed by atoms with Gasteiger partial charge in [-0.15, -0.1) is 0 Å². The van der Waals surface area contributed by atoms with Crippen molar-refractivity contribution >= 4 is 11.5 Å². The van der Waals surface area contributed by atoms with Crippen LogP contribution in [0.15, 0.2) is 12.1 Å². The summed E-state index contributed by atoms with van der Waals surface area (Å²) in [5.74, 6) is -0.259. The highest BCUT2D eigenvalue weighted by Crippen LogP contribution is 2.23. The molecule has 0 spiro atoms. The summed E-state index contributed by atoms with van der Waals surface area (Å²) in [7, 11) is 0. The SMILES string of the molecule is CC(=O)c1cc(C)c(C#N)c([N+](=O)[O-])c1. The van der Waals surface area contributed by atoms with Gasteiger partial charge in [0.15, 0.2) is 5.78 Å². The van der Waals surface area contributed by atoms with Gasteiger partial charge in [-0.25, -0.2) is 0 Å². The maximum Gasteiger partial charge on any atom is 0.288 e. The molecule has 0 saturated heterocycles. The predicted molar refractivity (Wildman–Crippen MR) is 52.6 cm³/mol. The second-order valence-electron chi connectivity index (χ2n) is 3.11. The Labute approximate surface area is 86.1 Å². The monoisotopic (exact) mass is 204 g/mol. The molecular formula is C10H8N2O3. The van der Waals surface area contributed by atoms with Crippen LogP contribution in [0.4, 0.5) is 5.69 Å². The Morgan fingerprint density at radius 1 is 1.53 bits per heavy atom. The van der Waals surface area contributed by atoms with Gasteiger partial charge in [-0.1, -0.05) is 0 Å². The van der Waals surface area contributed by atoms with Gasteiger partial charge in [-0.3, -0.25) is 14.9 Å². The highest BCUT2D eigenvalue weighted by molar-refractivity contribution is 5.95. The van der Waals surface area contributed by atoms with Crippen LogP contribution in [0.5, 0.6) is 0 Å². The van der Waals surface area contributed by atoms with E-state index in [2.05, 4.69) is 0 Å². The minimum Gasteiger partial charge on any atom is -0.295 e. The van der Waals surface area contributed by atoms with Gasteiger partial charge in [0.05, 0.1) is 4.92 Å². The van der Waals surface area contributed by atoms with Crippen molar-refractivity contribution < 1.29 is 9.72 Å². The fourth-order valence-corrected chi connectivity index (χ4v) is 1.26. The van der Waals surface area contributed by atoms with Crippen LogP contribution in [0.3, 0.4) is 0 Å². The van der Waals surface area contributed by atoms with E-state index in [4.69, 9.17) is 5.26 Å². The van der Waals surface area contributed by atoms with E-state index in [0.29, 0.717) is 5.56 Å². The molecule has 0 fully saturated rings. The number of hydrogen-bond donors (Lipinski definition) is 0. The fourth-order valence-electron chi connectivity index (χ4n) is 1.26. The Hall–Kier alpha value is -2.22. The Balaban J connectivity index is 3.54. The maximum atomic E-state index is 11.1. The number of Topliss-reactive ketones (excluding diaryl/α,β-unsaturated/α-hetero) is 1. The molecule has 5 nitrogen and oxygen atoms in total. The first-order chi connectivity index (χ1) is 6.97. The first-order valence-corrected chi connectivity index (χ1v) is 4.17. The normalized spacial score (nSPS) is 9.40. The fraction of sp³-hybridized carbons (Fsp3) is 0.200. The van der Waals surface area contributed by atoms with Crippen LogP contribution in [0.1, 0.15) is 28.4 Å². The molecule has 0 aliphatic rings. The lowest BCUT2D eigenvalue weighted by Crippen LogP contribution is -2.00. The molecule has 0 N–H and O–H groups in total. The second-order valence-corrected chi connectivity index (χ2v) is 3.11. The number of aryl methyl sites for hydroxylation is 1. The van der Waals surface area contributed by atoms with Crippen LogP contribution in [0, 0.1) is 28.4 Å². The summed E-state index contributed by atoms with van der Waals surface area (Å²) in [6.07, 6.45) is 0. The number of ketones is 1. The third-order valence-corrected chi connectivity index (χ3v) is 2.03. The average Bonchev–Trinajstić information content (AvgIpc) is 2.16. The van der Waals surface area contributed by atoms with Gasteiger partial charge in [0.1, 0.15) is 11.6 Å². The van der Waals surface area contributed by atoms with Crippen molar-refractivity contribution in [3.8, 4) is 6.07 Å². The number of carbonyl (C=O) groups is 1. The predicted octanol–water partition coefficient (Wildman–Crippen LogP) is 1.98. The van der Waals surface area contributed by atoms with Crippen molar-refractivity contribution in [3.05, 3.63) is 38.9 Å². The molecule has 15 heavy (non-hydrogen) atoms. The summed E-state index contributed by atoms with van der Waals surface area (Å²) in [6, 6.07) is 4.37. The highest BCUT2D eigenvalue weighted by atomic mass is 16.6. The smallest absolute Gasteiger partial charge is 0.288 e. The third kappa shape index (κ3) is 1.99. The van der Waals surface area contributed by atoms with Gasteiger partial charge < -0.3 is 0 Å². The quantitative estimate of drug-likeness (QED) is 0.418. The molecule has 0 unspecified atom stereocenters.